The van der Waals surface area contributed by atoms with Gasteiger partial charge in [-0.15, -0.1) is 0 Å². The van der Waals surface area contributed by atoms with Gasteiger partial charge in [0.05, 0.1) is 24.4 Å². The topological polar surface area (TPSA) is 49.7 Å². The maximum atomic E-state index is 12.6. The Balaban J connectivity index is 1.94. The van der Waals surface area contributed by atoms with Crippen molar-refractivity contribution in [2.75, 3.05) is 6.61 Å². The Morgan fingerprint density at radius 3 is 2.91 bits per heavy atom. The molecule has 1 aromatic heterocycles. The number of hydrogen-bond donors (Lipinski definition) is 0. The molecule has 0 bridgehead atoms. The number of rotatable bonds is 2. The molecule has 0 amide bonds. The number of aryl methyl sites for hydroxylation is 1. The molecular formula is C18H21NO4. The number of aromatic nitrogens is 1. The number of carbonyl (C=O) groups is 1. The van der Waals surface area contributed by atoms with Gasteiger partial charge in [0, 0.05) is 10.9 Å². The van der Waals surface area contributed by atoms with Crippen LogP contribution in [0.5, 0.6) is 0 Å². The van der Waals surface area contributed by atoms with E-state index in [1.807, 2.05) is 33.8 Å². The van der Waals surface area contributed by atoms with E-state index in [-0.39, 0.29) is 18.2 Å². The number of hydrogen-bond acceptors (Lipinski definition) is 4. The van der Waals surface area contributed by atoms with Crippen LogP contribution in [0.4, 0.5) is 0 Å². The first kappa shape index (κ1) is 14.7. The molecule has 0 aliphatic carbocycles. The van der Waals surface area contributed by atoms with E-state index in [4.69, 9.17) is 14.2 Å². The second kappa shape index (κ2) is 4.82. The summed E-state index contributed by atoms with van der Waals surface area (Å²) in [6, 6.07) is 6.16. The van der Waals surface area contributed by atoms with Crippen molar-refractivity contribution < 1.29 is 19.0 Å². The predicted molar refractivity (Wildman–Crippen MR) is 85.4 cm³/mol. The summed E-state index contributed by atoms with van der Waals surface area (Å²) >= 11 is 0. The minimum Gasteiger partial charge on any atom is -0.462 e. The molecule has 1 saturated heterocycles. The smallest absolute Gasteiger partial charge is 0.340 e. The Labute approximate surface area is 135 Å². The number of benzene rings is 1. The van der Waals surface area contributed by atoms with Gasteiger partial charge in [-0.3, -0.25) is 0 Å². The highest BCUT2D eigenvalue weighted by atomic mass is 16.8. The molecule has 2 atom stereocenters. The van der Waals surface area contributed by atoms with Crippen LogP contribution in [0.1, 0.15) is 48.5 Å². The van der Waals surface area contributed by atoms with Crippen LogP contribution in [0, 0.1) is 6.92 Å². The second-order valence-corrected chi connectivity index (χ2v) is 6.71. The van der Waals surface area contributed by atoms with E-state index in [0.717, 1.165) is 22.2 Å². The minimum absolute atomic E-state index is 0.0566. The van der Waals surface area contributed by atoms with Crippen LogP contribution in [0.2, 0.25) is 0 Å². The lowest BCUT2D eigenvalue weighted by molar-refractivity contribution is -0.151. The first-order valence-electron chi connectivity index (χ1n) is 8.07. The molecule has 2 aromatic rings. The third-order valence-corrected chi connectivity index (χ3v) is 4.55. The number of carbonyl (C=O) groups excluding carboxylic acids is 1. The first-order valence-corrected chi connectivity index (χ1v) is 8.07. The highest BCUT2D eigenvalue weighted by Crippen LogP contribution is 2.47. The summed E-state index contributed by atoms with van der Waals surface area (Å²) in [5.74, 6) is -0.912. The number of ether oxygens (including phenoxy) is 3. The molecule has 0 radical (unpaired) electrons. The summed E-state index contributed by atoms with van der Waals surface area (Å²) in [5.41, 5.74) is 3.67. The zero-order chi connectivity index (χ0) is 16.4. The fourth-order valence-corrected chi connectivity index (χ4v) is 3.78. The maximum absolute atomic E-state index is 12.6. The Hall–Kier alpha value is -1.85. The summed E-state index contributed by atoms with van der Waals surface area (Å²) in [4.78, 5) is 12.6. The van der Waals surface area contributed by atoms with Crippen molar-refractivity contribution in [2.45, 2.75) is 52.2 Å². The highest BCUT2D eigenvalue weighted by Gasteiger charge is 2.50. The minimum atomic E-state index is -0.626. The van der Waals surface area contributed by atoms with E-state index >= 15 is 0 Å². The van der Waals surface area contributed by atoms with Crippen molar-refractivity contribution in [2.24, 2.45) is 0 Å². The van der Waals surface area contributed by atoms with Crippen molar-refractivity contribution >= 4 is 16.9 Å². The van der Waals surface area contributed by atoms with Crippen LogP contribution in [0.15, 0.2) is 18.2 Å². The summed E-state index contributed by atoms with van der Waals surface area (Å²) in [6.45, 7) is 8.72. The van der Waals surface area contributed by atoms with Gasteiger partial charge in [0.25, 0.3) is 0 Å². The van der Waals surface area contributed by atoms with Crippen molar-refractivity contribution in [1.82, 2.24) is 4.57 Å². The summed E-state index contributed by atoms with van der Waals surface area (Å²) < 4.78 is 19.5. The molecule has 1 fully saturated rings. The van der Waals surface area contributed by atoms with E-state index in [1.54, 1.807) is 0 Å². The Morgan fingerprint density at radius 2 is 2.17 bits per heavy atom. The van der Waals surface area contributed by atoms with Crippen molar-refractivity contribution in [3.05, 3.63) is 35.0 Å². The van der Waals surface area contributed by atoms with E-state index < -0.39 is 5.79 Å². The molecule has 0 saturated carbocycles. The number of esters is 1. The number of fused-ring (bicyclic) bond motifs is 5. The van der Waals surface area contributed by atoms with Crippen LogP contribution < -0.4 is 0 Å². The van der Waals surface area contributed by atoms with Crippen LogP contribution >= 0.6 is 0 Å². The van der Waals surface area contributed by atoms with Crippen molar-refractivity contribution in [1.29, 1.82) is 0 Å². The molecule has 122 valence electrons. The molecule has 0 unspecified atom stereocenters. The monoisotopic (exact) mass is 315 g/mol. The van der Waals surface area contributed by atoms with Gasteiger partial charge < -0.3 is 18.8 Å². The molecule has 4 rings (SSSR count). The fraction of sp³-hybridized carbons (Fsp3) is 0.500. The molecule has 0 N–H and O–H groups in total. The summed E-state index contributed by atoms with van der Waals surface area (Å²) in [5, 5.41) is 0.935. The lowest BCUT2D eigenvalue weighted by Crippen LogP contribution is -2.23. The third kappa shape index (κ3) is 2.11. The summed E-state index contributed by atoms with van der Waals surface area (Å²) in [6.07, 6.45) is -0.281. The molecule has 5 heteroatoms. The fourth-order valence-electron chi connectivity index (χ4n) is 3.78. The molecule has 5 nitrogen and oxygen atoms in total. The van der Waals surface area contributed by atoms with E-state index in [0.29, 0.717) is 18.7 Å². The lowest BCUT2D eigenvalue weighted by Gasteiger charge is -2.19. The lowest BCUT2D eigenvalue weighted by atomic mass is 10.0. The Kier molecular flexibility index (Phi) is 3.09. The zero-order valence-electron chi connectivity index (χ0n) is 13.9. The predicted octanol–water partition coefficient (Wildman–Crippen LogP) is 3.33. The normalized spacial score (nSPS) is 24.7. The van der Waals surface area contributed by atoms with Gasteiger partial charge in [-0.05, 0) is 39.8 Å². The molecular weight excluding hydrogens is 294 g/mol. The average molecular weight is 315 g/mol. The van der Waals surface area contributed by atoms with Gasteiger partial charge in [-0.25, -0.2) is 4.79 Å². The van der Waals surface area contributed by atoms with Crippen molar-refractivity contribution in [3.63, 3.8) is 0 Å². The molecule has 2 aliphatic heterocycles. The second-order valence-electron chi connectivity index (χ2n) is 6.71. The molecule has 2 aliphatic rings. The quantitative estimate of drug-likeness (QED) is 0.798. The van der Waals surface area contributed by atoms with Crippen LogP contribution in [-0.4, -0.2) is 29.0 Å². The zero-order valence-corrected chi connectivity index (χ0v) is 13.9. The van der Waals surface area contributed by atoms with Gasteiger partial charge in [-0.1, -0.05) is 11.6 Å². The van der Waals surface area contributed by atoms with Crippen LogP contribution in [-0.2, 0) is 20.8 Å². The SMILES string of the molecule is CCOC(=O)c1c2n(c3ccc(C)cc13)C[C@H]1OC(C)(C)O[C@@H]21. The average Bonchev–Trinajstić information content (AvgIpc) is 3.03. The van der Waals surface area contributed by atoms with E-state index in [1.165, 1.54) is 0 Å². The van der Waals surface area contributed by atoms with E-state index in [9.17, 15) is 4.79 Å². The van der Waals surface area contributed by atoms with Gasteiger partial charge in [-0.2, -0.15) is 0 Å². The molecule has 23 heavy (non-hydrogen) atoms. The van der Waals surface area contributed by atoms with Gasteiger partial charge in [0.2, 0.25) is 0 Å². The molecule has 0 spiro atoms. The Bertz CT molecular complexity index is 805. The van der Waals surface area contributed by atoms with Crippen molar-refractivity contribution in [3.8, 4) is 0 Å². The standard InChI is InChI=1S/C18H21NO4/c1-5-21-17(20)14-11-8-10(2)6-7-12(11)19-9-13-16(15(14)19)23-18(3,4)22-13/h6-8,13,16H,5,9H2,1-4H3/t13-,16-/m1/s1. The van der Waals surface area contributed by atoms with Crippen LogP contribution in [0.3, 0.4) is 0 Å². The molecule has 1 aromatic carbocycles. The summed E-state index contributed by atoms with van der Waals surface area (Å²) in [7, 11) is 0. The number of nitrogens with zero attached hydrogens (tertiary/aromatic N) is 1. The highest BCUT2D eigenvalue weighted by molar-refractivity contribution is 6.06. The molecule has 3 heterocycles. The maximum Gasteiger partial charge on any atom is 0.340 e. The van der Waals surface area contributed by atoms with Gasteiger partial charge in [0.1, 0.15) is 12.2 Å². The van der Waals surface area contributed by atoms with Crippen LogP contribution in [0.25, 0.3) is 10.9 Å². The van der Waals surface area contributed by atoms with E-state index in [2.05, 4.69) is 16.7 Å². The Morgan fingerprint density at radius 1 is 1.39 bits per heavy atom. The third-order valence-electron chi connectivity index (χ3n) is 4.55. The van der Waals surface area contributed by atoms with Gasteiger partial charge in [0.15, 0.2) is 5.79 Å². The largest absolute Gasteiger partial charge is 0.462 e. The first-order chi connectivity index (χ1) is 10.9. The van der Waals surface area contributed by atoms with Gasteiger partial charge >= 0.3 is 5.97 Å².